The third-order valence-electron chi connectivity index (χ3n) is 1.96. The van der Waals surface area contributed by atoms with Crippen LogP contribution < -0.4 is 0 Å². The molecule has 0 saturated heterocycles. The van der Waals surface area contributed by atoms with E-state index >= 15 is 0 Å². The fourth-order valence-electron chi connectivity index (χ4n) is 1.15. The Bertz CT molecular complexity index is 219. The highest BCUT2D eigenvalue weighted by Crippen LogP contribution is 2.03. The quantitative estimate of drug-likeness (QED) is 0.601. The second-order valence-corrected chi connectivity index (χ2v) is 3.40. The third kappa shape index (κ3) is 9.38. The number of Topliss-reactive ketones (excluding diaryl/α,β-unsaturated/α-hetero) is 1. The van der Waals surface area contributed by atoms with Gasteiger partial charge < -0.3 is 10.2 Å². The molecule has 0 aromatic heterocycles. The lowest BCUT2D eigenvalue weighted by Crippen LogP contribution is -2.14. The Morgan fingerprint density at radius 2 is 2.13 bits per heavy atom. The smallest absolute Gasteiger partial charge is 0.135 e. The highest BCUT2D eigenvalue weighted by atomic mass is 16.3. The van der Waals surface area contributed by atoms with Gasteiger partial charge in [-0.2, -0.15) is 0 Å². The summed E-state index contributed by atoms with van der Waals surface area (Å²) in [5.74, 6) is 0.0427. The number of rotatable bonds is 8. The number of carbonyl (C=O) groups is 1. The minimum absolute atomic E-state index is 0.0427. The van der Waals surface area contributed by atoms with E-state index in [9.17, 15) is 9.90 Å². The van der Waals surface area contributed by atoms with Gasteiger partial charge in [0.25, 0.3) is 0 Å². The molecule has 1 atom stereocenters. The number of aliphatic hydroxyl groups is 2. The number of hydrogen-bond acceptors (Lipinski definition) is 3. The van der Waals surface area contributed by atoms with Crippen molar-refractivity contribution in [2.45, 2.75) is 38.7 Å². The Morgan fingerprint density at radius 3 is 2.73 bits per heavy atom. The average molecular weight is 212 g/mol. The maximum absolute atomic E-state index is 11.3. The Morgan fingerprint density at radius 1 is 1.40 bits per heavy atom. The first-order chi connectivity index (χ1) is 7.20. The molecule has 0 unspecified atom stereocenters. The number of ketones is 1. The van der Waals surface area contributed by atoms with Crippen LogP contribution in [0.15, 0.2) is 24.3 Å². The predicted octanol–water partition coefficient (Wildman–Crippen LogP) is 1.60. The monoisotopic (exact) mass is 212 g/mol. The SMILES string of the molecule is C/C=C/C=C/CCC(=O)C[C@@H](O)CCO. The lowest BCUT2D eigenvalue weighted by molar-refractivity contribution is -0.121. The van der Waals surface area contributed by atoms with Gasteiger partial charge in [0.2, 0.25) is 0 Å². The maximum atomic E-state index is 11.3. The van der Waals surface area contributed by atoms with Crippen LogP contribution in [0.25, 0.3) is 0 Å². The van der Waals surface area contributed by atoms with E-state index in [1.165, 1.54) is 0 Å². The number of allylic oxidation sites excluding steroid dienone is 4. The van der Waals surface area contributed by atoms with Crippen molar-refractivity contribution in [3.05, 3.63) is 24.3 Å². The summed E-state index contributed by atoms with van der Waals surface area (Å²) in [5, 5.41) is 17.8. The van der Waals surface area contributed by atoms with E-state index < -0.39 is 6.10 Å². The molecule has 0 aliphatic carbocycles. The summed E-state index contributed by atoms with van der Waals surface area (Å²) in [6.07, 6.45) is 8.55. The van der Waals surface area contributed by atoms with Gasteiger partial charge >= 0.3 is 0 Å². The van der Waals surface area contributed by atoms with Crippen molar-refractivity contribution in [2.75, 3.05) is 6.61 Å². The van der Waals surface area contributed by atoms with Gasteiger partial charge in [-0.1, -0.05) is 24.3 Å². The summed E-state index contributed by atoms with van der Waals surface area (Å²) in [6, 6.07) is 0. The van der Waals surface area contributed by atoms with Crippen LogP contribution in [0.4, 0.5) is 0 Å². The van der Waals surface area contributed by atoms with Crippen LogP contribution in [0.5, 0.6) is 0 Å². The average Bonchev–Trinajstić information content (AvgIpc) is 2.17. The largest absolute Gasteiger partial charge is 0.396 e. The number of aliphatic hydroxyl groups excluding tert-OH is 2. The van der Waals surface area contributed by atoms with Gasteiger partial charge in [0, 0.05) is 19.4 Å². The van der Waals surface area contributed by atoms with Gasteiger partial charge in [-0.15, -0.1) is 0 Å². The van der Waals surface area contributed by atoms with Crippen LogP contribution in [0.2, 0.25) is 0 Å². The van der Waals surface area contributed by atoms with Gasteiger partial charge in [0.05, 0.1) is 6.10 Å². The van der Waals surface area contributed by atoms with E-state index in [4.69, 9.17) is 5.11 Å². The van der Waals surface area contributed by atoms with Gasteiger partial charge in [-0.05, 0) is 19.8 Å². The van der Waals surface area contributed by atoms with Crippen LogP contribution >= 0.6 is 0 Å². The molecule has 0 fully saturated rings. The molecule has 15 heavy (non-hydrogen) atoms. The third-order valence-corrected chi connectivity index (χ3v) is 1.96. The van der Waals surface area contributed by atoms with Crippen LogP contribution in [0.1, 0.15) is 32.6 Å². The number of hydrogen-bond donors (Lipinski definition) is 2. The minimum Gasteiger partial charge on any atom is -0.396 e. The van der Waals surface area contributed by atoms with E-state index in [0.29, 0.717) is 12.8 Å². The molecule has 0 aromatic carbocycles. The van der Waals surface area contributed by atoms with Crippen LogP contribution in [0, 0.1) is 0 Å². The fourth-order valence-corrected chi connectivity index (χ4v) is 1.15. The molecule has 0 aliphatic heterocycles. The van der Waals surface area contributed by atoms with Crippen molar-refractivity contribution < 1.29 is 15.0 Å². The molecular weight excluding hydrogens is 192 g/mol. The summed E-state index contributed by atoms with van der Waals surface area (Å²) in [7, 11) is 0. The molecule has 0 aliphatic rings. The van der Waals surface area contributed by atoms with Gasteiger partial charge in [-0.25, -0.2) is 0 Å². The molecule has 0 bridgehead atoms. The lowest BCUT2D eigenvalue weighted by Gasteiger charge is -2.06. The molecule has 3 heteroatoms. The lowest BCUT2D eigenvalue weighted by atomic mass is 10.1. The zero-order valence-electron chi connectivity index (χ0n) is 9.22. The first-order valence-corrected chi connectivity index (χ1v) is 5.29. The molecule has 0 saturated carbocycles. The zero-order chi connectivity index (χ0) is 11.5. The maximum Gasteiger partial charge on any atom is 0.135 e. The molecule has 0 rings (SSSR count). The summed E-state index contributed by atoms with van der Waals surface area (Å²) >= 11 is 0. The first kappa shape index (κ1) is 14.1. The zero-order valence-corrected chi connectivity index (χ0v) is 9.22. The molecule has 2 N–H and O–H groups in total. The summed E-state index contributed by atoms with van der Waals surface area (Å²) in [4.78, 5) is 11.3. The van der Waals surface area contributed by atoms with E-state index in [1.807, 2.05) is 31.2 Å². The van der Waals surface area contributed by atoms with Crippen LogP contribution in [0.3, 0.4) is 0 Å². The predicted molar refractivity (Wildman–Crippen MR) is 60.5 cm³/mol. The van der Waals surface area contributed by atoms with Crippen LogP contribution in [-0.4, -0.2) is 28.7 Å². The Hall–Kier alpha value is -0.930. The fraction of sp³-hybridized carbons (Fsp3) is 0.583. The van der Waals surface area contributed by atoms with Crippen molar-refractivity contribution in [2.24, 2.45) is 0 Å². The topological polar surface area (TPSA) is 57.5 Å². The molecule has 86 valence electrons. The Kier molecular flexibility index (Phi) is 9.02. The van der Waals surface area contributed by atoms with Crippen molar-refractivity contribution in [1.29, 1.82) is 0 Å². The highest BCUT2D eigenvalue weighted by molar-refractivity contribution is 5.78. The second kappa shape index (κ2) is 9.62. The van der Waals surface area contributed by atoms with Gasteiger partial charge in [0.1, 0.15) is 5.78 Å². The van der Waals surface area contributed by atoms with Gasteiger partial charge in [-0.3, -0.25) is 4.79 Å². The molecule has 0 spiro atoms. The van der Waals surface area contributed by atoms with Crippen molar-refractivity contribution in [3.8, 4) is 0 Å². The molecule has 0 radical (unpaired) electrons. The summed E-state index contributed by atoms with van der Waals surface area (Å²) in [6.45, 7) is 1.86. The summed E-state index contributed by atoms with van der Waals surface area (Å²) in [5.41, 5.74) is 0. The molecule has 0 aromatic rings. The normalized spacial score (nSPS) is 13.8. The Balaban J connectivity index is 3.57. The first-order valence-electron chi connectivity index (χ1n) is 5.29. The van der Waals surface area contributed by atoms with Crippen molar-refractivity contribution in [3.63, 3.8) is 0 Å². The van der Waals surface area contributed by atoms with E-state index in [1.54, 1.807) is 0 Å². The standard InChI is InChI=1S/C12H20O3/c1-2-3-4-5-6-7-11(14)10-12(15)8-9-13/h2-5,12-13,15H,6-10H2,1H3/b3-2+,5-4+/t12-/m0/s1. The summed E-state index contributed by atoms with van der Waals surface area (Å²) < 4.78 is 0. The molecule has 3 nitrogen and oxygen atoms in total. The molecule has 0 amide bonds. The van der Waals surface area contributed by atoms with E-state index in [2.05, 4.69) is 0 Å². The van der Waals surface area contributed by atoms with Crippen molar-refractivity contribution >= 4 is 5.78 Å². The highest BCUT2D eigenvalue weighted by Gasteiger charge is 2.08. The second-order valence-electron chi connectivity index (χ2n) is 3.40. The molecular formula is C12H20O3. The molecule has 0 heterocycles. The van der Waals surface area contributed by atoms with Gasteiger partial charge in [0.15, 0.2) is 0 Å². The number of carbonyl (C=O) groups excluding carboxylic acids is 1. The van der Waals surface area contributed by atoms with E-state index in [-0.39, 0.29) is 25.2 Å². The minimum atomic E-state index is -0.693. The van der Waals surface area contributed by atoms with E-state index in [0.717, 1.165) is 0 Å². The van der Waals surface area contributed by atoms with Crippen LogP contribution in [-0.2, 0) is 4.79 Å². The van der Waals surface area contributed by atoms with Crippen molar-refractivity contribution in [1.82, 2.24) is 0 Å². The Labute approximate surface area is 91.1 Å².